The smallest absolute Gasteiger partial charge is 0.310 e. The second-order valence-electron chi connectivity index (χ2n) is 5.38. The fourth-order valence-corrected chi connectivity index (χ4v) is 3.89. The van der Waals surface area contributed by atoms with Crippen molar-refractivity contribution in [1.82, 2.24) is 0 Å². The van der Waals surface area contributed by atoms with E-state index >= 15 is 0 Å². The Labute approximate surface area is 150 Å². The quantitative estimate of drug-likeness (QED) is 0.660. The summed E-state index contributed by atoms with van der Waals surface area (Å²) in [6.45, 7) is 2.20. The summed E-state index contributed by atoms with van der Waals surface area (Å²) < 4.78 is 17.2. The zero-order valence-corrected chi connectivity index (χ0v) is 15.2. The summed E-state index contributed by atoms with van der Waals surface area (Å²) in [7, 11) is -1.08. The average Bonchev–Trinajstić information content (AvgIpc) is 2.57. The molecule has 0 aliphatic rings. The number of hydrogen-bond acceptors (Lipinski definition) is 3. The number of carbonyl (C=O) groups is 1. The molecule has 2 rings (SSSR count). The zero-order valence-electron chi connectivity index (χ0n) is 13.7. The molecule has 2 aromatic carbocycles. The van der Waals surface area contributed by atoms with Crippen molar-refractivity contribution >= 4 is 28.4 Å². The number of hydrogen-bond donors (Lipinski definition) is 0. The van der Waals surface area contributed by atoms with Crippen LogP contribution in [0, 0.1) is 0 Å². The highest BCUT2D eigenvalue weighted by Gasteiger charge is 2.08. The number of esters is 1. The molecule has 0 aromatic heterocycles. The van der Waals surface area contributed by atoms with Crippen LogP contribution in [0.3, 0.4) is 0 Å². The minimum absolute atomic E-state index is 0.208. The van der Waals surface area contributed by atoms with Crippen molar-refractivity contribution in [2.75, 3.05) is 12.4 Å². The molecule has 0 bridgehead atoms. The number of ether oxygens (including phenoxy) is 1. The van der Waals surface area contributed by atoms with E-state index in [0.29, 0.717) is 28.7 Å². The Morgan fingerprint density at radius 3 is 2.42 bits per heavy atom. The minimum atomic E-state index is -1.08. The molecule has 0 fully saturated rings. The first-order valence-corrected chi connectivity index (χ1v) is 9.66. The predicted molar refractivity (Wildman–Crippen MR) is 97.8 cm³/mol. The van der Waals surface area contributed by atoms with Crippen LogP contribution >= 0.6 is 11.6 Å². The average molecular weight is 365 g/mol. The van der Waals surface area contributed by atoms with Gasteiger partial charge in [-0.1, -0.05) is 48.0 Å². The van der Waals surface area contributed by atoms with Gasteiger partial charge in [0.05, 0.1) is 33.7 Å². The lowest BCUT2D eigenvalue weighted by Crippen LogP contribution is -2.07. The third-order valence-electron chi connectivity index (χ3n) is 3.55. The maximum atomic E-state index is 12.3. The van der Waals surface area contributed by atoms with Crippen LogP contribution in [0.25, 0.3) is 0 Å². The Bertz CT molecular complexity index is 698. The van der Waals surface area contributed by atoms with E-state index in [1.807, 2.05) is 42.5 Å². The molecule has 0 aliphatic heterocycles. The molecule has 0 saturated carbocycles. The molecule has 0 saturated heterocycles. The molecule has 2 aromatic rings. The van der Waals surface area contributed by atoms with Crippen LogP contribution < -0.4 is 0 Å². The van der Waals surface area contributed by atoms with Crippen LogP contribution in [0.2, 0.25) is 5.02 Å². The summed E-state index contributed by atoms with van der Waals surface area (Å²) in [5.41, 5.74) is 2.11. The lowest BCUT2D eigenvalue weighted by atomic mass is 10.1. The van der Waals surface area contributed by atoms with E-state index in [-0.39, 0.29) is 5.97 Å². The van der Waals surface area contributed by atoms with Gasteiger partial charge >= 0.3 is 5.97 Å². The zero-order chi connectivity index (χ0) is 17.4. The Kier molecular flexibility index (Phi) is 7.47. The van der Waals surface area contributed by atoms with Crippen molar-refractivity contribution in [2.45, 2.75) is 31.1 Å². The lowest BCUT2D eigenvalue weighted by molar-refractivity contribution is -0.142. The fraction of sp³-hybridized carbons (Fsp3) is 0.316. The summed E-state index contributed by atoms with van der Waals surface area (Å²) in [6, 6.07) is 15.1. The summed E-state index contributed by atoms with van der Waals surface area (Å²) in [4.78, 5) is 12.1. The topological polar surface area (TPSA) is 43.4 Å². The van der Waals surface area contributed by atoms with E-state index < -0.39 is 10.8 Å². The van der Waals surface area contributed by atoms with Gasteiger partial charge in [0.1, 0.15) is 0 Å². The first-order chi connectivity index (χ1) is 11.6. The van der Waals surface area contributed by atoms with E-state index in [0.717, 1.165) is 18.4 Å². The number of benzene rings is 2. The second-order valence-corrected chi connectivity index (χ2v) is 7.33. The van der Waals surface area contributed by atoms with Crippen LogP contribution in [0.15, 0.2) is 53.4 Å². The summed E-state index contributed by atoms with van der Waals surface area (Å²) >= 11 is 6.07. The molecule has 1 unspecified atom stereocenters. The molecule has 0 N–H and O–H groups in total. The van der Waals surface area contributed by atoms with Crippen molar-refractivity contribution in [3.8, 4) is 0 Å². The second kappa shape index (κ2) is 9.60. The molecule has 0 radical (unpaired) electrons. The van der Waals surface area contributed by atoms with E-state index in [9.17, 15) is 9.00 Å². The molecule has 5 heteroatoms. The van der Waals surface area contributed by atoms with Gasteiger partial charge in [-0.05, 0) is 43.0 Å². The van der Waals surface area contributed by atoms with Crippen LogP contribution in [-0.2, 0) is 33.2 Å². The maximum Gasteiger partial charge on any atom is 0.310 e. The molecule has 0 amide bonds. The largest absolute Gasteiger partial charge is 0.466 e. The molecule has 24 heavy (non-hydrogen) atoms. The SMILES string of the molecule is CCOC(=O)Cc1ccc(CCCS(=O)c2ccccc2Cl)cc1. The third kappa shape index (κ3) is 5.77. The molecule has 0 aliphatic carbocycles. The van der Waals surface area contributed by atoms with Gasteiger partial charge in [0, 0.05) is 5.75 Å². The van der Waals surface area contributed by atoms with Crippen molar-refractivity contribution in [2.24, 2.45) is 0 Å². The minimum Gasteiger partial charge on any atom is -0.466 e. The van der Waals surface area contributed by atoms with Gasteiger partial charge in [0.25, 0.3) is 0 Å². The summed E-state index contributed by atoms with van der Waals surface area (Å²) in [5, 5.41) is 0.555. The Hall–Kier alpha value is -1.65. The van der Waals surface area contributed by atoms with E-state index in [1.165, 1.54) is 5.56 Å². The molecule has 0 spiro atoms. The van der Waals surface area contributed by atoms with Gasteiger partial charge in [-0.15, -0.1) is 0 Å². The molecular formula is C19H21ClO3S. The van der Waals surface area contributed by atoms with Gasteiger partial charge in [-0.2, -0.15) is 0 Å². The number of rotatable bonds is 8. The van der Waals surface area contributed by atoms with Gasteiger partial charge in [-0.3, -0.25) is 9.00 Å². The highest BCUT2D eigenvalue weighted by Crippen LogP contribution is 2.20. The number of halogens is 1. The van der Waals surface area contributed by atoms with Gasteiger partial charge in [-0.25, -0.2) is 0 Å². The van der Waals surface area contributed by atoms with E-state index in [4.69, 9.17) is 16.3 Å². The van der Waals surface area contributed by atoms with Crippen LogP contribution in [0.4, 0.5) is 0 Å². The van der Waals surface area contributed by atoms with Crippen LogP contribution in [-0.4, -0.2) is 22.5 Å². The predicted octanol–water partition coefficient (Wildman–Crippen LogP) is 4.19. The fourth-order valence-electron chi connectivity index (χ4n) is 2.35. The van der Waals surface area contributed by atoms with Crippen LogP contribution in [0.5, 0.6) is 0 Å². The summed E-state index contributed by atoms with van der Waals surface area (Å²) in [5.74, 6) is 0.370. The Balaban J connectivity index is 1.81. The van der Waals surface area contributed by atoms with Crippen molar-refractivity contribution in [3.63, 3.8) is 0 Å². The summed E-state index contributed by atoms with van der Waals surface area (Å²) in [6.07, 6.45) is 1.95. The standard InChI is InChI=1S/C19H21ClO3S/c1-2-23-19(21)14-16-11-9-15(10-12-16)6-5-13-24(22)18-8-4-3-7-17(18)20/h3-4,7-12H,2,5-6,13-14H2,1H3. The molecule has 1 atom stereocenters. The number of aryl methyl sites for hydroxylation is 1. The first kappa shape index (κ1) is 18.7. The maximum absolute atomic E-state index is 12.3. The normalized spacial score (nSPS) is 11.9. The van der Waals surface area contributed by atoms with Crippen LogP contribution in [0.1, 0.15) is 24.5 Å². The monoisotopic (exact) mass is 364 g/mol. The highest BCUT2D eigenvalue weighted by molar-refractivity contribution is 7.85. The molecule has 0 heterocycles. The Morgan fingerprint density at radius 1 is 1.08 bits per heavy atom. The molecule has 128 valence electrons. The lowest BCUT2D eigenvalue weighted by Gasteiger charge is -2.06. The van der Waals surface area contributed by atoms with Gasteiger partial charge < -0.3 is 4.74 Å². The van der Waals surface area contributed by atoms with Crippen molar-refractivity contribution < 1.29 is 13.7 Å². The third-order valence-corrected chi connectivity index (χ3v) is 5.50. The van der Waals surface area contributed by atoms with Crippen molar-refractivity contribution in [1.29, 1.82) is 0 Å². The van der Waals surface area contributed by atoms with Gasteiger partial charge in [0.2, 0.25) is 0 Å². The van der Waals surface area contributed by atoms with E-state index in [1.54, 1.807) is 13.0 Å². The van der Waals surface area contributed by atoms with Gasteiger partial charge in [0.15, 0.2) is 0 Å². The van der Waals surface area contributed by atoms with Crippen molar-refractivity contribution in [3.05, 3.63) is 64.7 Å². The Morgan fingerprint density at radius 2 is 1.75 bits per heavy atom. The number of carbonyl (C=O) groups excluding carboxylic acids is 1. The highest BCUT2D eigenvalue weighted by atomic mass is 35.5. The molecular weight excluding hydrogens is 344 g/mol. The van der Waals surface area contributed by atoms with E-state index in [2.05, 4.69) is 0 Å². The molecule has 3 nitrogen and oxygen atoms in total. The first-order valence-electron chi connectivity index (χ1n) is 7.96.